The van der Waals surface area contributed by atoms with Crippen LogP contribution in [0.2, 0.25) is 0 Å². The van der Waals surface area contributed by atoms with Crippen molar-refractivity contribution in [3.8, 4) is 5.75 Å². The Morgan fingerprint density at radius 2 is 1.63 bits per heavy atom. The molecule has 0 aliphatic carbocycles. The zero-order valence-corrected chi connectivity index (χ0v) is 24.7. The van der Waals surface area contributed by atoms with E-state index in [9.17, 15) is 31.2 Å². The molecule has 4 aromatic rings. The third-order valence-corrected chi connectivity index (χ3v) is 8.54. The predicted octanol–water partition coefficient (Wildman–Crippen LogP) is 5.67. The summed E-state index contributed by atoms with van der Waals surface area (Å²) in [5.41, 5.74) is 3.46. The summed E-state index contributed by atoms with van der Waals surface area (Å²) in [7, 11) is -0.769. The summed E-state index contributed by atoms with van der Waals surface area (Å²) in [6.07, 6.45) is -2.64. The Labute approximate surface area is 247 Å². The molecular weight excluding hydrogens is 583 g/mol. The summed E-state index contributed by atoms with van der Waals surface area (Å²) in [4.78, 5) is 25.6. The SMILES string of the molecule is COc1cc(C(=O)NS(=O)(=O)c2ccccc2C)ccc1Cc1cn(C)c2ccc(C(=O)NCCCCC(F)(F)F)cc12. The average molecular weight is 616 g/mol. The first-order chi connectivity index (χ1) is 20.3. The smallest absolute Gasteiger partial charge is 0.389 e. The average Bonchev–Trinajstić information content (AvgIpc) is 3.26. The van der Waals surface area contributed by atoms with Crippen molar-refractivity contribution in [3.63, 3.8) is 0 Å². The minimum Gasteiger partial charge on any atom is -0.496 e. The number of unbranched alkanes of at least 4 members (excludes halogenated alkanes) is 1. The van der Waals surface area contributed by atoms with Crippen molar-refractivity contribution in [1.82, 2.24) is 14.6 Å². The second-order valence-corrected chi connectivity index (χ2v) is 11.9. The van der Waals surface area contributed by atoms with Crippen molar-refractivity contribution in [1.29, 1.82) is 0 Å². The summed E-state index contributed by atoms with van der Waals surface area (Å²) in [6.45, 7) is 1.78. The number of nitrogens with zero attached hydrogens (tertiary/aromatic N) is 1. The predicted molar refractivity (Wildman–Crippen MR) is 157 cm³/mol. The number of carbonyl (C=O) groups excluding carboxylic acids is 2. The van der Waals surface area contributed by atoms with Gasteiger partial charge in [0.05, 0.1) is 12.0 Å². The molecule has 43 heavy (non-hydrogen) atoms. The number of benzene rings is 3. The number of alkyl halides is 3. The number of nitrogens with one attached hydrogen (secondary N) is 2. The number of rotatable bonds is 11. The third kappa shape index (κ3) is 7.75. The van der Waals surface area contributed by atoms with Crippen LogP contribution in [-0.2, 0) is 23.5 Å². The van der Waals surface area contributed by atoms with Crippen molar-refractivity contribution in [2.45, 2.75) is 43.7 Å². The molecule has 0 aliphatic heterocycles. The summed E-state index contributed by atoms with van der Waals surface area (Å²) in [5.74, 6) is -0.796. The van der Waals surface area contributed by atoms with Gasteiger partial charge in [0.1, 0.15) is 5.75 Å². The quantitative estimate of drug-likeness (QED) is 0.212. The topological polar surface area (TPSA) is 106 Å². The maximum absolute atomic E-state index is 12.9. The van der Waals surface area contributed by atoms with Gasteiger partial charge in [0.25, 0.3) is 21.8 Å². The largest absolute Gasteiger partial charge is 0.496 e. The van der Waals surface area contributed by atoms with Gasteiger partial charge in [0.15, 0.2) is 0 Å². The number of fused-ring (bicyclic) bond motifs is 1. The van der Waals surface area contributed by atoms with Gasteiger partial charge in [0.2, 0.25) is 0 Å². The van der Waals surface area contributed by atoms with Crippen LogP contribution in [-0.4, -0.2) is 44.6 Å². The van der Waals surface area contributed by atoms with E-state index in [-0.39, 0.29) is 35.8 Å². The highest BCUT2D eigenvalue weighted by molar-refractivity contribution is 7.90. The Kier molecular flexibility index (Phi) is 9.49. The lowest BCUT2D eigenvalue weighted by molar-refractivity contribution is -0.135. The van der Waals surface area contributed by atoms with E-state index in [1.165, 1.54) is 25.3 Å². The van der Waals surface area contributed by atoms with Gasteiger partial charge in [0, 0.05) is 54.7 Å². The third-order valence-electron chi connectivity index (χ3n) is 7.05. The highest BCUT2D eigenvalue weighted by Crippen LogP contribution is 2.29. The van der Waals surface area contributed by atoms with Crippen LogP contribution in [0.25, 0.3) is 10.9 Å². The standard InChI is InChI=1S/C31H32F3N3O5S/c1-20-8-4-5-9-28(20)43(40,41)36-30(39)23-11-10-21(27(18-23)42-3)16-24-19-37(2)26-13-12-22(17-25(24)26)29(38)35-15-7-6-14-31(32,33)34/h4-5,8-13,17-19H,6-7,14-16H2,1-3H3,(H,35,38)(H,36,39). The monoisotopic (exact) mass is 615 g/mol. The fourth-order valence-corrected chi connectivity index (χ4v) is 6.06. The molecule has 0 bridgehead atoms. The number of hydrogen-bond donors (Lipinski definition) is 2. The van der Waals surface area contributed by atoms with Crippen LogP contribution < -0.4 is 14.8 Å². The van der Waals surface area contributed by atoms with Crippen molar-refractivity contribution in [2.24, 2.45) is 7.05 Å². The Balaban J connectivity index is 1.51. The fourth-order valence-electron chi connectivity index (χ4n) is 4.84. The fraction of sp³-hybridized carbons (Fsp3) is 0.290. The van der Waals surface area contributed by atoms with E-state index in [0.717, 1.165) is 22.0 Å². The van der Waals surface area contributed by atoms with Crippen LogP contribution >= 0.6 is 0 Å². The van der Waals surface area contributed by atoms with Gasteiger partial charge in [-0.3, -0.25) is 9.59 Å². The lowest BCUT2D eigenvalue weighted by atomic mass is 10.0. The molecule has 2 amide bonds. The maximum Gasteiger partial charge on any atom is 0.389 e. The summed E-state index contributed by atoms with van der Waals surface area (Å²) >= 11 is 0. The molecule has 1 aromatic heterocycles. The maximum atomic E-state index is 12.9. The zero-order valence-electron chi connectivity index (χ0n) is 23.9. The summed E-state index contributed by atoms with van der Waals surface area (Å²) in [5, 5.41) is 3.48. The Morgan fingerprint density at radius 1 is 0.930 bits per heavy atom. The van der Waals surface area contributed by atoms with Crippen LogP contribution in [0.3, 0.4) is 0 Å². The van der Waals surface area contributed by atoms with Crippen LogP contribution in [0.1, 0.15) is 56.7 Å². The summed E-state index contributed by atoms with van der Waals surface area (Å²) < 4.78 is 72.2. The molecule has 12 heteroatoms. The molecule has 4 rings (SSSR count). The molecule has 0 fully saturated rings. The van der Waals surface area contributed by atoms with E-state index in [2.05, 4.69) is 10.0 Å². The lowest BCUT2D eigenvalue weighted by Crippen LogP contribution is -2.31. The van der Waals surface area contributed by atoms with Crippen LogP contribution in [0, 0.1) is 6.92 Å². The van der Waals surface area contributed by atoms with Gasteiger partial charge in [-0.25, -0.2) is 13.1 Å². The second-order valence-electron chi connectivity index (χ2n) is 10.2. The number of methoxy groups -OCH3 is 1. The van der Waals surface area contributed by atoms with E-state index in [1.807, 2.05) is 17.8 Å². The molecule has 0 aliphatic rings. The molecule has 0 atom stereocenters. The van der Waals surface area contributed by atoms with Crippen LogP contribution in [0.15, 0.2) is 71.8 Å². The van der Waals surface area contributed by atoms with E-state index in [4.69, 9.17) is 4.74 Å². The van der Waals surface area contributed by atoms with Gasteiger partial charge < -0.3 is 14.6 Å². The van der Waals surface area contributed by atoms with Crippen molar-refractivity contribution in [3.05, 3.63) is 94.7 Å². The highest BCUT2D eigenvalue weighted by atomic mass is 32.2. The summed E-state index contributed by atoms with van der Waals surface area (Å²) in [6, 6.07) is 16.2. The molecule has 3 aromatic carbocycles. The minimum absolute atomic E-state index is 0.0115. The van der Waals surface area contributed by atoms with E-state index in [1.54, 1.807) is 49.4 Å². The molecule has 1 heterocycles. The molecule has 0 saturated heterocycles. The van der Waals surface area contributed by atoms with E-state index < -0.39 is 28.5 Å². The number of halogens is 3. The molecule has 2 N–H and O–H groups in total. The normalized spacial score (nSPS) is 11.9. The van der Waals surface area contributed by atoms with Gasteiger partial charge in [-0.05, 0) is 72.9 Å². The molecule has 8 nitrogen and oxygen atoms in total. The van der Waals surface area contributed by atoms with Crippen molar-refractivity contribution >= 4 is 32.7 Å². The van der Waals surface area contributed by atoms with Gasteiger partial charge in [-0.1, -0.05) is 24.3 Å². The first-order valence-corrected chi connectivity index (χ1v) is 15.0. The molecule has 228 valence electrons. The zero-order chi connectivity index (χ0) is 31.4. The molecule has 0 radical (unpaired) electrons. The van der Waals surface area contributed by atoms with Crippen LogP contribution in [0.4, 0.5) is 13.2 Å². The van der Waals surface area contributed by atoms with E-state index in [0.29, 0.717) is 23.3 Å². The van der Waals surface area contributed by atoms with Crippen LogP contribution in [0.5, 0.6) is 5.75 Å². The number of aryl methyl sites for hydroxylation is 2. The molecular formula is C31H32F3N3O5S. The number of amides is 2. The number of hydrogen-bond acceptors (Lipinski definition) is 5. The minimum atomic E-state index is -4.21. The molecule has 0 saturated carbocycles. The van der Waals surface area contributed by atoms with Crippen molar-refractivity contribution < 1.29 is 35.9 Å². The number of ether oxygens (including phenoxy) is 1. The Bertz CT molecular complexity index is 1760. The Morgan fingerprint density at radius 3 is 2.33 bits per heavy atom. The number of carbonyl (C=O) groups is 2. The molecule has 0 spiro atoms. The van der Waals surface area contributed by atoms with E-state index >= 15 is 0 Å². The number of sulfonamides is 1. The van der Waals surface area contributed by atoms with Gasteiger partial charge in [-0.2, -0.15) is 13.2 Å². The number of aromatic nitrogens is 1. The lowest BCUT2D eigenvalue weighted by Gasteiger charge is -2.12. The second kappa shape index (κ2) is 12.9. The van der Waals surface area contributed by atoms with Gasteiger partial charge >= 0.3 is 6.18 Å². The first-order valence-electron chi connectivity index (χ1n) is 13.5. The van der Waals surface area contributed by atoms with Crippen molar-refractivity contribution in [2.75, 3.05) is 13.7 Å². The first kappa shape index (κ1) is 31.6. The van der Waals surface area contributed by atoms with Gasteiger partial charge in [-0.15, -0.1) is 0 Å². The molecule has 0 unspecified atom stereocenters. The highest BCUT2D eigenvalue weighted by Gasteiger charge is 2.26. The Hall–Kier alpha value is -4.32.